The van der Waals surface area contributed by atoms with E-state index in [1.807, 2.05) is 6.92 Å². The first kappa shape index (κ1) is 12.5. The van der Waals surface area contributed by atoms with Crippen molar-refractivity contribution < 1.29 is 13.9 Å². The van der Waals surface area contributed by atoms with Crippen LogP contribution in [-0.4, -0.2) is 18.6 Å². The van der Waals surface area contributed by atoms with Gasteiger partial charge in [-0.25, -0.2) is 4.39 Å². The summed E-state index contributed by atoms with van der Waals surface area (Å²) in [6.07, 6.45) is 0.675. The van der Waals surface area contributed by atoms with Crippen LogP contribution in [0.4, 0.5) is 10.1 Å². The molecule has 1 saturated heterocycles. The number of hydrogen-bond acceptors (Lipinski definition) is 2. The minimum absolute atomic E-state index is 0.0566. The third-order valence-corrected chi connectivity index (χ3v) is 3.51. The molecule has 1 N–H and O–H groups in total. The van der Waals surface area contributed by atoms with E-state index in [1.165, 1.54) is 6.07 Å². The lowest BCUT2D eigenvalue weighted by Gasteiger charge is -2.14. The number of carbonyl (C=O) groups is 1. The second-order valence-corrected chi connectivity index (χ2v) is 4.94. The van der Waals surface area contributed by atoms with E-state index >= 15 is 0 Å². The van der Waals surface area contributed by atoms with Gasteiger partial charge < -0.3 is 10.1 Å². The molecule has 3 nitrogen and oxygen atoms in total. The van der Waals surface area contributed by atoms with Crippen molar-refractivity contribution >= 4 is 27.5 Å². The number of anilines is 1. The van der Waals surface area contributed by atoms with Crippen molar-refractivity contribution in [1.29, 1.82) is 0 Å². The smallest absolute Gasteiger partial charge is 0.230 e. The highest BCUT2D eigenvalue weighted by atomic mass is 79.9. The molecular weight excluding hydrogens is 289 g/mol. The van der Waals surface area contributed by atoms with Crippen LogP contribution in [0.25, 0.3) is 0 Å². The average molecular weight is 302 g/mol. The maximum absolute atomic E-state index is 13.0. The van der Waals surface area contributed by atoms with Crippen LogP contribution in [-0.2, 0) is 9.53 Å². The Morgan fingerprint density at radius 2 is 2.35 bits per heavy atom. The molecule has 92 valence electrons. The molecule has 2 rings (SSSR count). The van der Waals surface area contributed by atoms with Crippen LogP contribution in [0, 0.1) is 11.7 Å². The lowest BCUT2D eigenvalue weighted by molar-refractivity contribution is -0.121. The highest BCUT2D eigenvalue weighted by molar-refractivity contribution is 9.10. The molecule has 1 aromatic carbocycles. The van der Waals surface area contributed by atoms with Gasteiger partial charge in [-0.05, 0) is 47.5 Å². The number of carbonyl (C=O) groups excluding carboxylic acids is 1. The Hall–Kier alpha value is -0.940. The molecule has 1 aliphatic heterocycles. The van der Waals surface area contributed by atoms with Crippen molar-refractivity contribution in [2.24, 2.45) is 5.92 Å². The van der Waals surface area contributed by atoms with Crippen molar-refractivity contribution in [1.82, 2.24) is 0 Å². The Kier molecular flexibility index (Phi) is 3.79. The first-order valence-corrected chi connectivity index (χ1v) is 6.25. The minimum atomic E-state index is -0.347. The Morgan fingerprint density at radius 1 is 1.59 bits per heavy atom. The first-order chi connectivity index (χ1) is 8.08. The number of nitrogens with one attached hydrogen (secondary N) is 1. The summed E-state index contributed by atoms with van der Waals surface area (Å²) in [7, 11) is 0. The molecule has 1 heterocycles. The van der Waals surface area contributed by atoms with Crippen molar-refractivity contribution in [3.05, 3.63) is 28.5 Å². The van der Waals surface area contributed by atoms with Crippen LogP contribution in [0.3, 0.4) is 0 Å². The molecule has 0 aliphatic carbocycles. The quantitative estimate of drug-likeness (QED) is 0.912. The lowest BCUT2D eigenvalue weighted by Crippen LogP contribution is -2.27. The molecule has 17 heavy (non-hydrogen) atoms. The second kappa shape index (κ2) is 5.14. The van der Waals surface area contributed by atoms with E-state index in [0.29, 0.717) is 16.8 Å². The van der Waals surface area contributed by atoms with Gasteiger partial charge in [0.05, 0.1) is 16.5 Å². The van der Waals surface area contributed by atoms with Crippen molar-refractivity contribution in [3.8, 4) is 0 Å². The molecule has 1 aromatic rings. The zero-order valence-electron chi connectivity index (χ0n) is 9.37. The maximum atomic E-state index is 13.0. The molecular formula is C12H13BrFNO2. The molecule has 2 atom stereocenters. The average Bonchev–Trinajstić information content (AvgIpc) is 2.70. The standard InChI is InChI=1S/C12H13BrFNO2/c1-7-9(4-5-17-7)12(16)15-8-2-3-11(14)10(13)6-8/h2-3,6-7,9H,4-5H2,1H3,(H,15,16). The summed E-state index contributed by atoms with van der Waals surface area (Å²) in [5, 5.41) is 2.77. The zero-order valence-corrected chi connectivity index (χ0v) is 11.0. The summed E-state index contributed by atoms with van der Waals surface area (Å²) in [6, 6.07) is 4.40. The molecule has 1 amide bonds. The lowest BCUT2D eigenvalue weighted by atomic mass is 10.0. The van der Waals surface area contributed by atoms with Crippen LogP contribution < -0.4 is 5.32 Å². The fraction of sp³-hybridized carbons (Fsp3) is 0.417. The molecule has 1 fully saturated rings. The van der Waals surface area contributed by atoms with Crippen LogP contribution >= 0.6 is 15.9 Å². The molecule has 0 radical (unpaired) electrons. The highest BCUT2D eigenvalue weighted by Crippen LogP contribution is 2.24. The molecule has 0 aromatic heterocycles. The summed E-state index contributed by atoms with van der Waals surface area (Å²) in [6.45, 7) is 2.50. The monoisotopic (exact) mass is 301 g/mol. The van der Waals surface area contributed by atoms with E-state index in [2.05, 4.69) is 21.2 Å². The predicted octanol–water partition coefficient (Wildman–Crippen LogP) is 2.95. The van der Waals surface area contributed by atoms with Gasteiger partial charge in [0.1, 0.15) is 5.82 Å². The van der Waals surface area contributed by atoms with E-state index in [0.717, 1.165) is 6.42 Å². The number of hydrogen-bond donors (Lipinski definition) is 1. The van der Waals surface area contributed by atoms with E-state index < -0.39 is 0 Å². The molecule has 0 saturated carbocycles. The Morgan fingerprint density at radius 3 is 2.94 bits per heavy atom. The topological polar surface area (TPSA) is 38.3 Å². The summed E-state index contributed by atoms with van der Waals surface area (Å²) < 4.78 is 18.7. The van der Waals surface area contributed by atoms with E-state index in [1.54, 1.807) is 12.1 Å². The van der Waals surface area contributed by atoms with Crippen molar-refractivity contribution in [3.63, 3.8) is 0 Å². The Balaban J connectivity index is 2.05. The summed E-state index contributed by atoms with van der Waals surface area (Å²) in [4.78, 5) is 11.9. The van der Waals surface area contributed by atoms with Crippen LogP contribution in [0.5, 0.6) is 0 Å². The van der Waals surface area contributed by atoms with E-state index in [-0.39, 0.29) is 23.7 Å². The largest absolute Gasteiger partial charge is 0.378 e. The van der Waals surface area contributed by atoms with Crippen molar-refractivity contribution in [2.75, 3.05) is 11.9 Å². The number of ether oxygens (including phenoxy) is 1. The van der Waals surface area contributed by atoms with Gasteiger partial charge >= 0.3 is 0 Å². The van der Waals surface area contributed by atoms with Gasteiger partial charge in [-0.2, -0.15) is 0 Å². The van der Waals surface area contributed by atoms with Gasteiger partial charge in [0.2, 0.25) is 5.91 Å². The normalized spacial score (nSPS) is 23.7. The number of benzene rings is 1. The zero-order chi connectivity index (χ0) is 12.4. The fourth-order valence-electron chi connectivity index (χ4n) is 1.88. The van der Waals surface area contributed by atoms with Gasteiger partial charge in [0, 0.05) is 12.3 Å². The van der Waals surface area contributed by atoms with E-state index in [4.69, 9.17) is 4.74 Å². The van der Waals surface area contributed by atoms with Gasteiger partial charge in [0.25, 0.3) is 0 Å². The highest BCUT2D eigenvalue weighted by Gasteiger charge is 2.30. The SMILES string of the molecule is CC1OCCC1C(=O)Nc1ccc(F)c(Br)c1. The number of halogens is 2. The van der Waals surface area contributed by atoms with Gasteiger partial charge in [0.15, 0.2) is 0 Å². The first-order valence-electron chi connectivity index (χ1n) is 5.45. The summed E-state index contributed by atoms with van der Waals surface area (Å²) in [5.41, 5.74) is 0.586. The van der Waals surface area contributed by atoms with Crippen LogP contribution in [0.2, 0.25) is 0 Å². The minimum Gasteiger partial charge on any atom is -0.378 e. The van der Waals surface area contributed by atoms with Gasteiger partial charge in [-0.1, -0.05) is 0 Å². The fourth-order valence-corrected chi connectivity index (χ4v) is 2.26. The maximum Gasteiger partial charge on any atom is 0.230 e. The predicted molar refractivity (Wildman–Crippen MR) is 66.3 cm³/mol. The molecule has 0 bridgehead atoms. The Labute approximate surface area is 107 Å². The number of amides is 1. The Bertz CT molecular complexity index is 439. The third-order valence-electron chi connectivity index (χ3n) is 2.90. The number of rotatable bonds is 2. The van der Waals surface area contributed by atoms with Crippen LogP contribution in [0.15, 0.2) is 22.7 Å². The third kappa shape index (κ3) is 2.84. The summed E-state index contributed by atoms with van der Waals surface area (Å²) in [5.74, 6) is -0.548. The van der Waals surface area contributed by atoms with Gasteiger partial charge in [-0.3, -0.25) is 4.79 Å². The van der Waals surface area contributed by atoms with Gasteiger partial charge in [-0.15, -0.1) is 0 Å². The molecule has 2 unspecified atom stereocenters. The molecule has 5 heteroatoms. The molecule has 0 spiro atoms. The van der Waals surface area contributed by atoms with Crippen molar-refractivity contribution in [2.45, 2.75) is 19.4 Å². The van der Waals surface area contributed by atoms with E-state index in [9.17, 15) is 9.18 Å². The van der Waals surface area contributed by atoms with Crippen LogP contribution in [0.1, 0.15) is 13.3 Å². The second-order valence-electron chi connectivity index (χ2n) is 4.09. The summed E-state index contributed by atoms with van der Waals surface area (Å²) >= 11 is 3.08. The molecule has 1 aliphatic rings.